The summed E-state index contributed by atoms with van der Waals surface area (Å²) in [6, 6.07) is 6.59. The quantitative estimate of drug-likeness (QED) is 0.882. The first-order chi connectivity index (χ1) is 9.72. The highest BCUT2D eigenvalue weighted by Gasteiger charge is 2.21. The Kier molecular flexibility index (Phi) is 3.62. The third-order valence-electron chi connectivity index (χ3n) is 4.21. The van der Waals surface area contributed by atoms with Crippen LogP contribution < -0.4 is 0 Å². The van der Waals surface area contributed by atoms with Crippen molar-refractivity contribution in [3.05, 3.63) is 35.0 Å². The molecule has 0 spiro atoms. The van der Waals surface area contributed by atoms with E-state index >= 15 is 0 Å². The second-order valence-electron chi connectivity index (χ2n) is 5.70. The molecule has 1 heterocycles. The molecule has 2 aromatic rings. The molecule has 0 aliphatic heterocycles. The number of H-pyrrole nitrogens is 1. The van der Waals surface area contributed by atoms with Crippen LogP contribution in [0.5, 0.6) is 0 Å². The summed E-state index contributed by atoms with van der Waals surface area (Å²) in [5, 5.41) is 10.7. The molecule has 1 atom stereocenters. The van der Waals surface area contributed by atoms with E-state index in [1.165, 1.54) is 27.7 Å². The van der Waals surface area contributed by atoms with Crippen molar-refractivity contribution < 1.29 is 5.11 Å². The zero-order chi connectivity index (χ0) is 14.1. The third-order valence-corrected chi connectivity index (χ3v) is 4.21. The minimum absolute atomic E-state index is 0.0316. The molecule has 106 valence electrons. The van der Waals surface area contributed by atoms with Crippen molar-refractivity contribution in [2.75, 3.05) is 6.61 Å². The number of aromatic amines is 1. The van der Waals surface area contributed by atoms with Gasteiger partial charge in [0.25, 0.3) is 0 Å². The lowest BCUT2D eigenvalue weighted by molar-refractivity contribution is 0.264. The molecular weight excluding hydrogens is 248 g/mol. The molecule has 0 amide bonds. The van der Waals surface area contributed by atoms with Gasteiger partial charge in [0.05, 0.1) is 24.1 Å². The molecular formula is C17H22N2O. The summed E-state index contributed by atoms with van der Waals surface area (Å²) in [6.07, 6.45) is 4.16. The number of aliphatic hydroxyl groups excluding tert-OH is 1. The predicted molar refractivity (Wildman–Crippen MR) is 83.7 cm³/mol. The number of hydrogen-bond acceptors (Lipinski definition) is 2. The van der Waals surface area contributed by atoms with Crippen LogP contribution in [-0.2, 0) is 6.42 Å². The molecule has 0 fully saturated rings. The number of aliphatic imine (C=N–C) groups is 1. The Morgan fingerprint density at radius 1 is 1.35 bits per heavy atom. The first-order valence-electron chi connectivity index (χ1n) is 7.52. The van der Waals surface area contributed by atoms with E-state index in [2.05, 4.69) is 37.0 Å². The molecule has 0 saturated heterocycles. The standard InChI is InChI=1S/C17H22N2O/c1-3-12(10-20)18-16-6-4-5-13-14-9-11(2)7-8-15(14)19-17(13)16/h7-9,12,19-20H,3-6,10H2,1-2H3. The third kappa shape index (κ3) is 2.27. The van der Waals surface area contributed by atoms with Crippen LogP contribution in [0.15, 0.2) is 23.2 Å². The van der Waals surface area contributed by atoms with E-state index in [1.54, 1.807) is 0 Å². The van der Waals surface area contributed by atoms with Crippen molar-refractivity contribution in [2.24, 2.45) is 4.99 Å². The van der Waals surface area contributed by atoms with Gasteiger partial charge in [0.1, 0.15) is 0 Å². The summed E-state index contributed by atoms with van der Waals surface area (Å²) in [5.41, 5.74) is 6.24. The lowest BCUT2D eigenvalue weighted by Gasteiger charge is -2.17. The number of fused-ring (bicyclic) bond motifs is 3. The fourth-order valence-electron chi connectivity index (χ4n) is 3.04. The van der Waals surface area contributed by atoms with Crippen LogP contribution in [0.3, 0.4) is 0 Å². The lowest BCUT2D eigenvalue weighted by Crippen LogP contribution is -2.17. The summed E-state index contributed by atoms with van der Waals surface area (Å²) in [5.74, 6) is 0. The summed E-state index contributed by atoms with van der Waals surface area (Å²) in [6.45, 7) is 4.34. The first kappa shape index (κ1) is 13.4. The summed E-state index contributed by atoms with van der Waals surface area (Å²) in [7, 11) is 0. The molecule has 3 nitrogen and oxygen atoms in total. The number of nitrogens with zero attached hydrogens (tertiary/aromatic N) is 1. The van der Waals surface area contributed by atoms with Gasteiger partial charge in [-0.1, -0.05) is 18.6 Å². The van der Waals surface area contributed by atoms with Gasteiger partial charge in [-0.3, -0.25) is 4.99 Å². The molecule has 1 aromatic carbocycles. The lowest BCUT2D eigenvalue weighted by atomic mass is 9.93. The Hall–Kier alpha value is -1.61. The van der Waals surface area contributed by atoms with Gasteiger partial charge in [0.15, 0.2) is 0 Å². The maximum absolute atomic E-state index is 9.36. The van der Waals surface area contributed by atoms with Crippen molar-refractivity contribution in [2.45, 2.75) is 45.6 Å². The van der Waals surface area contributed by atoms with Crippen molar-refractivity contribution in [3.63, 3.8) is 0 Å². The van der Waals surface area contributed by atoms with Crippen LogP contribution in [0.25, 0.3) is 10.9 Å². The molecule has 2 N–H and O–H groups in total. The van der Waals surface area contributed by atoms with Crippen LogP contribution in [0.4, 0.5) is 0 Å². The Morgan fingerprint density at radius 3 is 2.95 bits per heavy atom. The second-order valence-corrected chi connectivity index (χ2v) is 5.70. The number of rotatable bonds is 3. The number of aryl methyl sites for hydroxylation is 2. The van der Waals surface area contributed by atoms with E-state index in [1.807, 2.05) is 0 Å². The monoisotopic (exact) mass is 270 g/mol. The average molecular weight is 270 g/mol. The number of hydrogen-bond donors (Lipinski definition) is 2. The maximum atomic E-state index is 9.36. The Balaban J connectivity index is 2.11. The molecule has 1 unspecified atom stereocenters. The predicted octanol–water partition coefficient (Wildman–Crippen LogP) is 3.37. The van der Waals surface area contributed by atoms with E-state index in [4.69, 9.17) is 4.99 Å². The van der Waals surface area contributed by atoms with Crippen LogP contribution >= 0.6 is 0 Å². The topological polar surface area (TPSA) is 48.4 Å². The molecule has 1 aromatic heterocycles. The van der Waals surface area contributed by atoms with Gasteiger partial charge in [-0.25, -0.2) is 0 Å². The number of nitrogens with one attached hydrogen (secondary N) is 1. The van der Waals surface area contributed by atoms with E-state index in [0.717, 1.165) is 31.4 Å². The van der Waals surface area contributed by atoms with Gasteiger partial charge in [0, 0.05) is 10.9 Å². The summed E-state index contributed by atoms with van der Waals surface area (Å²) in [4.78, 5) is 8.30. The second kappa shape index (κ2) is 5.41. The van der Waals surface area contributed by atoms with Gasteiger partial charge in [-0.15, -0.1) is 0 Å². The normalized spacial score (nSPS) is 18.4. The highest BCUT2D eigenvalue weighted by Crippen LogP contribution is 2.30. The van der Waals surface area contributed by atoms with E-state index < -0.39 is 0 Å². The Morgan fingerprint density at radius 2 is 2.20 bits per heavy atom. The molecule has 3 rings (SSSR count). The molecule has 0 radical (unpaired) electrons. The largest absolute Gasteiger partial charge is 0.394 e. The van der Waals surface area contributed by atoms with Crippen LogP contribution in [-0.4, -0.2) is 28.5 Å². The fourth-order valence-corrected chi connectivity index (χ4v) is 3.04. The average Bonchev–Trinajstić information content (AvgIpc) is 2.83. The summed E-state index contributed by atoms with van der Waals surface area (Å²) < 4.78 is 0. The van der Waals surface area contributed by atoms with E-state index in [-0.39, 0.29) is 12.6 Å². The Labute approximate surface area is 119 Å². The van der Waals surface area contributed by atoms with Crippen LogP contribution in [0.2, 0.25) is 0 Å². The Bertz CT molecular complexity index is 650. The van der Waals surface area contributed by atoms with Gasteiger partial charge in [0.2, 0.25) is 0 Å². The molecule has 0 saturated carbocycles. The zero-order valence-corrected chi connectivity index (χ0v) is 12.2. The summed E-state index contributed by atoms with van der Waals surface area (Å²) >= 11 is 0. The van der Waals surface area contributed by atoms with Crippen molar-refractivity contribution in [3.8, 4) is 0 Å². The van der Waals surface area contributed by atoms with E-state index in [9.17, 15) is 5.11 Å². The number of benzene rings is 1. The highest BCUT2D eigenvalue weighted by atomic mass is 16.3. The molecule has 0 bridgehead atoms. The minimum atomic E-state index is 0.0316. The fraction of sp³-hybridized carbons (Fsp3) is 0.471. The zero-order valence-electron chi connectivity index (χ0n) is 12.2. The molecule has 1 aliphatic rings. The number of aliphatic hydroxyl groups is 1. The van der Waals surface area contributed by atoms with Crippen LogP contribution in [0, 0.1) is 6.92 Å². The van der Waals surface area contributed by atoms with Crippen molar-refractivity contribution >= 4 is 16.6 Å². The van der Waals surface area contributed by atoms with Gasteiger partial charge in [-0.2, -0.15) is 0 Å². The van der Waals surface area contributed by atoms with E-state index in [0.29, 0.717) is 0 Å². The maximum Gasteiger partial charge on any atom is 0.0731 e. The smallest absolute Gasteiger partial charge is 0.0731 e. The number of aromatic nitrogens is 1. The molecule has 3 heteroatoms. The highest BCUT2D eigenvalue weighted by molar-refractivity contribution is 6.06. The van der Waals surface area contributed by atoms with Gasteiger partial charge in [-0.05, 0) is 50.3 Å². The van der Waals surface area contributed by atoms with Gasteiger partial charge < -0.3 is 10.1 Å². The van der Waals surface area contributed by atoms with Crippen molar-refractivity contribution in [1.82, 2.24) is 4.98 Å². The van der Waals surface area contributed by atoms with Gasteiger partial charge >= 0.3 is 0 Å². The minimum Gasteiger partial charge on any atom is -0.394 e. The first-order valence-corrected chi connectivity index (χ1v) is 7.52. The molecule has 1 aliphatic carbocycles. The molecule has 20 heavy (non-hydrogen) atoms. The van der Waals surface area contributed by atoms with Crippen molar-refractivity contribution in [1.29, 1.82) is 0 Å². The van der Waals surface area contributed by atoms with Crippen LogP contribution in [0.1, 0.15) is 43.0 Å². The SMILES string of the molecule is CCC(CO)N=C1CCCc2c1[nH]c1ccc(C)cc21.